The first-order chi connectivity index (χ1) is 7.74. The summed E-state index contributed by atoms with van der Waals surface area (Å²) in [6.45, 7) is 1.86. The van der Waals surface area contributed by atoms with Crippen LogP contribution in [-0.4, -0.2) is 31.1 Å². The fourth-order valence-electron chi connectivity index (χ4n) is 1.47. The summed E-state index contributed by atoms with van der Waals surface area (Å²) in [6, 6.07) is 3.56. The third kappa shape index (κ3) is 1.65. The summed E-state index contributed by atoms with van der Waals surface area (Å²) >= 11 is 0. The van der Waals surface area contributed by atoms with E-state index in [4.69, 9.17) is 5.11 Å². The molecule has 0 amide bonds. The SMILES string of the molecule is CCc1c(C(=O)O)nnn1-c1cccnc1. The van der Waals surface area contributed by atoms with Crippen molar-refractivity contribution in [1.29, 1.82) is 0 Å². The van der Waals surface area contributed by atoms with E-state index >= 15 is 0 Å². The van der Waals surface area contributed by atoms with E-state index < -0.39 is 5.97 Å². The van der Waals surface area contributed by atoms with Gasteiger partial charge in [0, 0.05) is 6.20 Å². The zero-order valence-corrected chi connectivity index (χ0v) is 8.66. The largest absolute Gasteiger partial charge is 0.476 e. The monoisotopic (exact) mass is 218 g/mol. The molecule has 0 atom stereocenters. The first-order valence-corrected chi connectivity index (χ1v) is 4.82. The Morgan fingerprint density at radius 2 is 2.38 bits per heavy atom. The van der Waals surface area contributed by atoms with Crippen molar-refractivity contribution in [1.82, 2.24) is 20.0 Å². The third-order valence-electron chi connectivity index (χ3n) is 2.19. The van der Waals surface area contributed by atoms with E-state index in [2.05, 4.69) is 15.3 Å². The van der Waals surface area contributed by atoms with Crippen molar-refractivity contribution in [3.63, 3.8) is 0 Å². The molecule has 0 spiro atoms. The molecule has 16 heavy (non-hydrogen) atoms. The van der Waals surface area contributed by atoms with Gasteiger partial charge in [-0.05, 0) is 18.6 Å². The second-order valence-electron chi connectivity index (χ2n) is 3.17. The van der Waals surface area contributed by atoms with Crippen molar-refractivity contribution in [2.24, 2.45) is 0 Å². The normalized spacial score (nSPS) is 10.3. The Bertz CT molecular complexity index is 507. The molecule has 0 unspecified atom stereocenters. The average molecular weight is 218 g/mol. The second kappa shape index (κ2) is 4.09. The van der Waals surface area contributed by atoms with Crippen LogP contribution in [0.5, 0.6) is 0 Å². The van der Waals surface area contributed by atoms with Crippen molar-refractivity contribution < 1.29 is 9.90 Å². The highest BCUT2D eigenvalue weighted by molar-refractivity contribution is 5.86. The van der Waals surface area contributed by atoms with Gasteiger partial charge < -0.3 is 5.11 Å². The highest BCUT2D eigenvalue weighted by Crippen LogP contribution is 2.12. The Kier molecular flexibility index (Phi) is 2.63. The van der Waals surface area contributed by atoms with Gasteiger partial charge in [0.25, 0.3) is 0 Å². The van der Waals surface area contributed by atoms with Crippen molar-refractivity contribution in [3.8, 4) is 5.69 Å². The molecule has 6 heteroatoms. The summed E-state index contributed by atoms with van der Waals surface area (Å²) in [5.41, 5.74) is 1.27. The number of carboxylic acids is 1. The minimum absolute atomic E-state index is 0.00801. The summed E-state index contributed by atoms with van der Waals surface area (Å²) < 4.78 is 1.50. The van der Waals surface area contributed by atoms with E-state index in [-0.39, 0.29) is 5.69 Å². The second-order valence-corrected chi connectivity index (χ2v) is 3.17. The molecule has 2 rings (SSSR count). The minimum atomic E-state index is -1.06. The topological polar surface area (TPSA) is 80.9 Å². The number of hydrogen-bond acceptors (Lipinski definition) is 4. The fraction of sp³-hybridized carbons (Fsp3) is 0.200. The van der Waals surface area contributed by atoms with E-state index in [1.165, 1.54) is 4.68 Å². The van der Waals surface area contributed by atoms with Gasteiger partial charge >= 0.3 is 5.97 Å². The van der Waals surface area contributed by atoms with Crippen LogP contribution in [0.25, 0.3) is 5.69 Å². The molecule has 0 saturated carbocycles. The summed E-state index contributed by atoms with van der Waals surface area (Å²) in [4.78, 5) is 14.8. The Morgan fingerprint density at radius 1 is 1.56 bits per heavy atom. The molecular weight excluding hydrogens is 208 g/mol. The molecule has 0 bridgehead atoms. The summed E-state index contributed by atoms with van der Waals surface area (Å²) in [5, 5.41) is 16.4. The van der Waals surface area contributed by atoms with E-state index in [0.717, 1.165) is 0 Å². The van der Waals surface area contributed by atoms with Crippen LogP contribution in [0.3, 0.4) is 0 Å². The molecule has 0 aromatic carbocycles. The lowest BCUT2D eigenvalue weighted by atomic mass is 10.2. The van der Waals surface area contributed by atoms with Crippen LogP contribution in [0.15, 0.2) is 24.5 Å². The average Bonchev–Trinajstić information content (AvgIpc) is 2.73. The number of carboxylic acid groups (broad SMARTS) is 1. The molecule has 6 nitrogen and oxygen atoms in total. The van der Waals surface area contributed by atoms with E-state index in [0.29, 0.717) is 17.8 Å². The van der Waals surface area contributed by atoms with Crippen molar-refractivity contribution in [3.05, 3.63) is 35.9 Å². The quantitative estimate of drug-likeness (QED) is 0.828. The fourth-order valence-corrected chi connectivity index (χ4v) is 1.47. The number of hydrogen-bond donors (Lipinski definition) is 1. The summed E-state index contributed by atoms with van der Waals surface area (Å²) in [5.74, 6) is -1.06. The van der Waals surface area contributed by atoms with E-state index in [1.54, 1.807) is 24.5 Å². The van der Waals surface area contributed by atoms with Gasteiger partial charge in [-0.3, -0.25) is 4.98 Å². The van der Waals surface area contributed by atoms with Gasteiger partial charge in [0.05, 0.1) is 17.6 Å². The van der Waals surface area contributed by atoms with Gasteiger partial charge in [-0.1, -0.05) is 12.1 Å². The zero-order valence-electron chi connectivity index (χ0n) is 8.66. The van der Waals surface area contributed by atoms with Crippen molar-refractivity contribution in [2.75, 3.05) is 0 Å². The molecule has 2 aromatic heterocycles. The Labute approximate surface area is 91.6 Å². The third-order valence-corrected chi connectivity index (χ3v) is 2.19. The molecule has 0 radical (unpaired) electrons. The van der Waals surface area contributed by atoms with Crippen LogP contribution in [0.1, 0.15) is 23.1 Å². The maximum atomic E-state index is 10.9. The Morgan fingerprint density at radius 3 is 2.94 bits per heavy atom. The number of pyridine rings is 1. The number of rotatable bonds is 3. The zero-order chi connectivity index (χ0) is 11.5. The highest BCUT2D eigenvalue weighted by Gasteiger charge is 2.17. The summed E-state index contributed by atoms with van der Waals surface area (Å²) in [6.07, 6.45) is 3.80. The predicted molar refractivity (Wildman–Crippen MR) is 55.5 cm³/mol. The number of carbonyl (C=O) groups is 1. The molecule has 0 fully saturated rings. The van der Waals surface area contributed by atoms with Gasteiger partial charge in [0.15, 0.2) is 5.69 Å². The molecule has 2 aromatic rings. The molecule has 82 valence electrons. The molecular formula is C10H10N4O2. The van der Waals surface area contributed by atoms with E-state index in [9.17, 15) is 4.79 Å². The van der Waals surface area contributed by atoms with Crippen LogP contribution < -0.4 is 0 Å². The minimum Gasteiger partial charge on any atom is -0.476 e. The van der Waals surface area contributed by atoms with Gasteiger partial charge in [-0.25, -0.2) is 9.48 Å². The molecule has 1 N–H and O–H groups in total. The number of nitrogens with zero attached hydrogens (tertiary/aromatic N) is 4. The van der Waals surface area contributed by atoms with Crippen molar-refractivity contribution >= 4 is 5.97 Å². The predicted octanol–water partition coefficient (Wildman–Crippen LogP) is 0.923. The Balaban J connectivity index is 2.54. The standard InChI is InChI=1S/C10H10N4O2/c1-2-8-9(10(15)16)12-13-14(8)7-4-3-5-11-6-7/h3-6H,2H2,1H3,(H,15,16). The molecule has 0 saturated heterocycles. The van der Waals surface area contributed by atoms with Crippen LogP contribution in [0.2, 0.25) is 0 Å². The molecule has 0 aliphatic rings. The van der Waals surface area contributed by atoms with Crippen LogP contribution in [0, 0.1) is 0 Å². The molecule has 0 aliphatic carbocycles. The smallest absolute Gasteiger partial charge is 0.358 e. The van der Waals surface area contributed by atoms with Gasteiger partial charge in [-0.15, -0.1) is 5.10 Å². The van der Waals surface area contributed by atoms with Crippen LogP contribution in [0.4, 0.5) is 0 Å². The number of aromatic carboxylic acids is 1. The first kappa shape index (κ1) is 10.3. The number of aromatic nitrogens is 4. The van der Waals surface area contributed by atoms with Gasteiger partial charge in [0.1, 0.15) is 0 Å². The molecule has 0 aliphatic heterocycles. The first-order valence-electron chi connectivity index (χ1n) is 4.82. The lowest BCUT2D eigenvalue weighted by Crippen LogP contribution is -2.05. The maximum Gasteiger partial charge on any atom is 0.358 e. The summed E-state index contributed by atoms with van der Waals surface area (Å²) in [7, 11) is 0. The van der Waals surface area contributed by atoms with Crippen molar-refractivity contribution in [2.45, 2.75) is 13.3 Å². The highest BCUT2D eigenvalue weighted by atomic mass is 16.4. The molecule has 2 heterocycles. The lowest BCUT2D eigenvalue weighted by Gasteiger charge is -2.03. The van der Waals surface area contributed by atoms with Gasteiger partial charge in [-0.2, -0.15) is 0 Å². The van der Waals surface area contributed by atoms with Gasteiger partial charge in [0.2, 0.25) is 0 Å². The Hall–Kier alpha value is -2.24. The lowest BCUT2D eigenvalue weighted by molar-refractivity contribution is 0.0689. The van der Waals surface area contributed by atoms with E-state index in [1.807, 2.05) is 6.92 Å². The van der Waals surface area contributed by atoms with Crippen LogP contribution in [-0.2, 0) is 6.42 Å². The maximum absolute atomic E-state index is 10.9. The van der Waals surface area contributed by atoms with Crippen LogP contribution >= 0.6 is 0 Å².